The maximum Gasteiger partial charge on any atom is 2.00 e. The molecule has 9 rings (SSSR count). The summed E-state index contributed by atoms with van der Waals surface area (Å²) in [5.74, 6) is 1.99. The Morgan fingerprint density at radius 1 is 0.408 bits per heavy atom. The van der Waals surface area contributed by atoms with E-state index in [-0.39, 0.29) is 90.1 Å². The van der Waals surface area contributed by atoms with Crippen molar-refractivity contribution in [2.75, 3.05) is 0 Å². The van der Waals surface area contributed by atoms with Crippen LogP contribution in [0.1, 0.15) is 89.9 Å². The molecule has 18 unspecified atom stereocenters. The van der Waals surface area contributed by atoms with Crippen molar-refractivity contribution in [1.29, 1.82) is 0 Å². The van der Waals surface area contributed by atoms with Gasteiger partial charge in [0.2, 0.25) is 0 Å². The summed E-state index contributed by atoms with van der Waals surface area (Å²) < 4.78 is 69.6. The molecule has 4 aliphatic carbocycles. The second-order valence-electron chi connectivity index (χ2n) is 16.8. The quantitative estimate of drug-likeness (QED) is 0.150. The van der Waals surface area contributed by atoms with Gasteiger partial charge in [-0.05, 0) is 85.9 Å². The van der Waals surface area contributed by atoms with Crippen LogP contribution in [0.25, 0.3) is 10.6 Å². The third-order valence-corrected chi connectivity index (χ3v) is 17.0. The van der Waals surface area contributed by atoms with Gasteiger partial charge in [-0.15, -0.1) is 0 Å². The van der Waals surface area contributed by atoms with Crippen LogP contribution in [-0.2, 0) is 37.3 Å². The fraction of sp³-hybridized carbons (Fsp3) is 1.00. The Balaban J connectivity index is 0.00000348. The Kier molecular flexibility index (Phi) is 10.1. The number of fused-ring (bicyclic) bond motifs is 20. The van der Waals surface area contributed by atoms with E-state index in [2.05, 4.69) is 31.9 Å². The van der Waals surface area contributed by atoms with Gasteiger partial charge in [-0.25, -0.2) is 0 Å². The molecule has 0 aromatic carbocycles. The maximum atomic E-state index is 12.4. The van der Waals surface area contributed by atoms with Gasteiger partial charge < -0.3 is 31.9 Å². The van der Waals surface area contributed by atoms with Crippen molar-refractivity contribution in [2.24, 2.45) is 47.3 Å². The van der Waals surface area contributed by atoms with Crippen molar-refractivity contribution >= 4 is 20.2 Å². The van der Waals surface area contributed by atoms with E-state index in [0.717, 1.165) is 51.4 Å². The molecule has 14 nitrogen and oxygen atoms in total. The summed E-state index contributed by atoms with van der Waals surface area (Å²) in [5.41, 5.74) is 0. The van der Waals surface area contributed by atoms with Crippen LogP contribution in [0.3, 0.4) is 0 Å². The SMILES string of the molecule is O=S(=O)(O)C1CCC2C3NC4[N-]C(NC5NC(NC6[N-]C(NC(N3)C2C1)C1CCCCC61)C1CC(S(=O)(=O)O)CCC51)C1CCCCC41.[Cu+2]. The maximum absolute atomic E-state index is 12.4. The standard InChI is InChI=1S/C32H54N8O6S2.Cu/c41-47(42,43)15-9-11-21-23(13-15)31-37-27-19-7-3-4-8-20(19)28(34-27)38-32-24-14-16(48(44,45)46)10-12-22(24)30(40-32)36-26-18-6-2-1-5-17(18)25(33-26)35-29(21)39-31;/h15-32,35-40H,1-14H2,(H,41,42,43)(H,44,45,46);/q-2;+2. The first-order valence-electron chi connectivity index (χ1n) is 18.9. The van der Waals surface area contributed by atoms with Gasteiger partial charge in [0.25, 0.3) is 20.2 Å². The average molecular weight is 775 g/mol. The van der Waals surface area contributed by atoms with E-state index in [1.54, 1.807) is 0 Å². The van der Waals surface area contributed by atoms with Crippen LogP contribution < -0.4 is 31.9 Å². The smallest absolute Gasteiger partial charge is 0.632 e. The van der Waals surface area contributed by atoms with Crippen molar-refractivity contribution < 1.29 is 43.0 Å². The van der Waals surface area contributed by atoms with Crippen LogP contribution in [0, 0.1) is 47.3 Å². The van der Waals surface area contributed by atoms with Crippen LogP contribution >= 0.6 is 0 Å². The molecule has 0 aromatic heterocycles. The molecule has 8 bridgehead atoms. The predicted molar refractivity (Wildman–Crippen MR) is 179 cm³/mol. The van der Waals surface area contributed by atoms with Crippen LogP contribution in [-0.4, -0.2) is 85.8 Å². The monoisotopic (exact) mass is 773 g/mol. The molecule has 9 fully saturated rings. The van der Waals surface area contributed by atoms with Crippen molar-refractivity contribution in [3.8, 4) is 0 Å². The molecular weight excluding hydrogens is 720 g/mol. The van der Waals surface area contributed by atoms with Gasteiger partial charge >= 0.3 is 17.1 Å². The number of hydrogen-bond donors (Lipinski definition) is 8. The molecule has 5 saturated heterocycles. The number of nitrogens with zero attached hydrogens (tertiary/aromatic N) is 2. The number of hydrogen-bond acceptors (Lipinski definition) is 10. The largest absolute Gasteiger partial charge is 2.00 e. The summed E-state index contributed by atoms with van der Waals surface area (Å²) in [6.07, 6.45) is 11.7. The predicted octanol–water partition coefficient (Wildman–Crippen LogP) is 1.90. The van der Waals surface area contributed by atoms with Gasteiger partial charge in [-0.3, -0.25) is 19.7 Å². The van der Waals surface area contributed by atoms with E-state index < -0.39 is 30.7 Å². The Morgan fingerprint density at radius 3 is 1.02 bits per heavy atom. The van der Waals surface area contributed by atoms with Crippen LogP contribution in [0.5, 0.6) is 0 Å². The van der Waals surface area contributed by atoms with Crippen molar-refractivity contribution in [1.82, 2.24) is 31.9 Å². The summed E-state index contributed by atoms with van der Waals surface area (Å²) in [5, 5.41) is 32.9. The van der Waals surface area contributed by atoms with E-state index in [9.17, 15) is 25.9 Å². The molecule has 0 spiro atoms. The van der Waals surface area contributed by atoms with Gasteiger partial charge in [0.05, 0.1) is 35.2 Å². The minimum Gasteiger partial charge on any atom is -0.632 e. The fourth-order valence-electron chi connectivity index (χ4n) is 12.2. The molecule has 1 radical (unpaired) electrons. The molecule has 18 atom stereocenters. The first-order valence-corrected chi connectivity index (χ1v) is 21.9. The van der Waals surface area contributed by atoms with Gasteiger partial charge in [0.15, 0.2) is 0 Å². The Morgan fingerprint density at radius 2 is 0.714 bits per heavy atom. The Labute approximate surface area is 301 Å². The minimum absolute atomic E-state index is 0. The van der Waals surface area contributed by atoms with Crippen molar-refractivity contribution in [3.05, 3.63) is 10.6 Å². The molecule has 5 heterocycles. The van der Waals surface area contributed by atoms with E-state index in [1.807, 2.05) is 0 Å². The van der Waals surface area contributed by atoms with Gasteiger partial charge in [-0.2, -0.15) is 16.8 Å². The average Bonchev–Trinajstić information content (AvgIpc) is 3.79. The Bertz CT molecular complexity index is 1340. The molecule has 4 saturated carbocycles. The van der Waals surface area contributed by atoms with Crippen LogP contribution in [0.15, 0.2) is 0 Å². The van der Waals surface area contributed by atoms with Gasteiger partial charge in [0.1, 0.15) is 0 Å². The molecule has 9 aliphatic rings. The van der Waals surface area contributed by atoms with Crippen molar-refractivity contribution in [3.63, 3.8) is 0 Å². The molecule has 49 heavy (non-hydrogen) atoms. The molecule has 17 heteroatoms. The summed E-state index contributed by atoms with van der Waals surface area (Å²) >= 11 is 0. The normalized spacial score (nSPS) is 52.7. The van der Waals surface area contributed by atoms with Crippen LogP contribution in [0.4, 0.5) is 0 Å². The second kappa shape index (κ2) is 13.7. The molecule has 0 aromatic rings. The van der Waals surface area contributed by atoms with Gasteiger partial charge in [0, 0.05) is 0 Å². The topological polar surface area (TPSA) is 209 Å². The van der Waals surface area contributed by atoms with E-state index in [4.69, 9.17) is 10.6 Å². The molecule has 0 amide bonds. The summed E-state index contributed by atoms with van der Waals surface area (Å²) in [7, 11) is -8.27. The van der Waals surface area contributed by atoms with E-state index in [1.165, 1.54) is 12.8 Å². The van der Waals surface area contributed by atoms with E-state index >= 15 is 0 Å². The third kappa shape index (κ3) is 6.61. The minimum atomic E-state index is -4.13. The summed E-state index contributed by atoms with van der Waals surface area (Å²) in [4.78, 5) is 0. The molecule has 8 N–H and O–H groups in total. The molecule has 281 valence electrons. The zero-order valence-corrected chi connectivity index (χ0v) is 30.4. The fourth-order valence-corrected chi connectivity index (χ4v) is 14.0. The van der Waals surface area contributed by atoms with E-state index in [0.29, 0.717) is 49.4 Å². The first-order chi connectivity index (χ1) is 23.0. The van der Waals surface area contributed by atoms with Gasteiger partial charge in [-0.1, -0.05) is 76.0 Å². The first kappa shape index (κ1) is 36.0. The number of rotatable bonds is 2. The number of nitrogens with one attached hydrogen (secondary N) is 6. The zero-order chi connectivity index (χ0) is 32.9. The summed E-state index contributed by atoms with van der Waals surface area (Å²) in [6.45, 7) is 0. The molecular formula is C32H54CuN8O6S2. The molecule has 5 aliphatic heterocycles. The van der Waals surface area contributed by atoms with Crippen molar-refractivity contribution in [2.45, 2.75) is 150 Å². The second-order valence-corrected chi connectivity index (χ2v) is 20.2. The van der Waals surface area contributed by atoms with Crippen LogP contribution in [0.2, 0.25) is 0 Å². The third-order valence-electron chi connectivity index (χ3n) is 14.5. The summed E-state index contributed by atoms with van der Waals surface area (Å²) in [6, 6.07) is 0. The Hall–Kier alpha value is 0.0195. The zero-order valence-electron chi connectivity index (χ0n) is 27.8.